The van der Waals surface area contributed by atoms with Crippen LogP contribution in [0.15, 0.2) is 35.9 Å². The van der Waals surface area contributed by atoms with E-state index in [0.717, 1.165) is 29.4 Å². The molecule has 0 aliphatic rings. The highest BCUT2D eigenvalue weighted by atomic mass is 16.1. The first-order valence-corrected chi connectivity index (χ1v) is 4.50. The van der Waals surface area contributed by atoms with Crippen molar-refractivity contribution in [2.24, 2.45) is 0 Å². The van der Waals surface area contributed by atoms with Crippen LogP contribution in [0.2, 0.25) is 0 Å². The Bertz CT molecular complexity index is 309. The molecule has 0 unspecified atom stereocenters. The normalized spacial score (nSPS) is 12.2. The first kappa shape index (κ1) is 9.72. The molecule has 1 nitrogen and oxygen atoms in total. The molecule has 1 heteroatoms. The molecule has 0 spiro atoms. The van der Waals surface area contributed by atoms with E-state index in [0.29, 0.717) is 0 Å². The fraction of sp³-hybridized carbons (Fsp3) is 0.250. The van der Waals surface area contributed by atoms with E-state index in [2.05, 4.69) is 6.92 Å². The van der Waals surface area contributed by atoms with Gasteiger partial charge in [0.25, 0.3) is 0 Å². The molecule has 0 aliphatic carbocycles. The Kier molecular flexibility index (Phi) is 3.44. The summed E-state index contributed by atoms with van der Waals surface area (Å²) in [6, 6.07) is 10.0. The Hall–Kier alpha value is -1.37. The average Bonchev–Trinajstić information content (AvgIpc) is 2.20. The molecule has 0 bridgehead atoms. The zero-order valence-electron chi connectivity index (χ0n) is 8.08. The summed E-state index contributed by atoms with van der Waals surface area (Å²) in [6.07, 6.45) is 1.82. The summed E-state index contributed by atoms with van der Waals surface area (Å²) in [5.74, 6) is 0. The third-order valence-electron chi connectivity index (χ3n) is 2.13. The molecule has 0 N–H and O–H groups in total. The van der Waals surface area contributed by atoms with Crippen LogP contribution in [-0.2, 0) is 4.79 Å². The van der Waals surface area contributed by atoms with Gasteiger partial charge < -0.3 is 0 Å². The number of hydrogen-bond donors (Lipinski definition) is 0. The lowest BCUT2D eigenvalue weighted by Gasteiger charge is -2.05. The average molecular weight is 174 g/mol. The highest BCUT2D eigenvalue weighted by molar-refractivity contribution is 5.87. The van der Waals surface area contributed by atoms with Gasteiger partial charge in [0.05, 0.1) is 0 Å². The van der Waals surface area contributed by atoms with Gasteiger partial charge in [0.2, 0.25) is 0 Å². The molecule has 0 atom stereocenters. The van der Waals surface area contributed by atoms with Crippen molar-refractivity contribution >= 4 is 11.9 Å². The van der Waals surface area contributed by atoms with E-state index >= 15 is 0 Å². The fourth-order valence-corrected chi connectivity index (χ4v) is 1.42. The van der Waals surface area contributed by atoms with E-state index in [1.54, 1.807) is 0 Å². The van der Waals surface area contributed by atoms with Crippen LogP contribution in [0.3, 0.4) is 0 Å². The zero-order valence-corrected chi connectivity index (χ0v) is 8.08. The summed E-state index contributed by atoms with van der Waals surface area (Å²) < 4.78 is 0. The summed E-state index contributed by atoms with van der Waals surface area (Å²) in [7, 11) is 0. The molecule has 0 fully saturated rings. The second-order valence-corrected chi connectivity index (χ2v) is 3.00. The number of hydrogen-bond acceptors (Lipinski definition) is 1. The second-order valence-electron chi connectivity index (χ2n) is 3.00. The van der Waals surface area contributed by atoms with E-state index < -0.39 is 0 Å². The van der Waals surface area contributed by atoms with Crippen LogP contribution in [0.1, 0.15) is 25.8 Å². The fourth-order valence-electron chi connectivity index (χ4n) is 1.42. The van der Waals surface area contributed by atoms with E-state index in [4.69, 9.17) is 0 Å². The third-order valence-corrected chi connectivity index (χ3v) is 2.13. The lowest BCUT2D eigenvalue weighted by molar-refractivity contribution is -0.104. The molecule has 13 heavy (non-hydrogen) atoms. The van der Waals surface area contributed by atoms with E-state index in [1.165, 1.54) is 0 Å². The summed E-state index contributed by atoms with van der Waals surface area (Å²) in [6.45, 7) is 3.92. The summed E-state index contributed by atoms with van der Waals surface area (Å²) >= 11 is 0. The quantitative estimate of drug-likeness (QED) is 0.508. The van der Waals surface area contributed by atoms with Crippen molar-refractivity contribution in [3.8, 4) is 0 Å². The number of rotatable bonds is 3. The molecule has 0 heterocycles. The van der Waals surface area contributed by atoms with Gasteiger partial charge in [-0.15, -0.1) is 0 Å². The van der Waals surface area contributed by atoms with Crippen molar-refractivity contribution < 1.29 is 4.79 Å². The van der Waals surface area contributed by atoms with Gasteiger partial charge in [-0.2, -0.15) is 0 Å². The molecule has 68 valence electrons. The SMILES string of the molecule is CC/C(=C(\C)C=O)c1ccccc1. The highest BCUT2D eigenvalue weighted by Gasteiger charge is 2.01. The molecule has 0 radical (unpaired) electrons. The maximum absolute atomic E-state index is 10.6. The van der Waals surface area contributed by atoms with Crippen LogP contribution in [0, 0.1) is 0 Å². The molecular formula is C12H14O. The Morgan fingerprint density at radius 2 is 1.92 bits per heavy atom. The smallest absolute Gasteiger partial charge is 0.146 e. The van der Waals surface area contributed by atoms with Gasteiger partial charge in [0.1, 0.15) is 6.29 Å². The standard InChI is InChI=1S/C12H14O/c1-3-12(10(2)9-13)11-7-5-4-6-8-11/h4-9H,3H2,1-2H3/b12-10-. The van der Waals surface area contributed by atoms with Crippen molar-refractivity contribution in [3.05, 3.63) is 41.5 Å². The summed E-state index contributed by atoms with van der Waals surface area (Å²) in [5, 5.41) is 0. The van der Waals surface area contributed by atoms with Crippen molar-refractivity contribution in [1.29, 1.82) is 0 Å². The largest absolute Gasteiger partial charge is 0.298 e. The number of benzene rings is 1. The molecule has 1 rings (SSSR count). The highest BCUT2D eigenvalue weighted by Crippen LogP contribution is 2.20. The van der Waals surface area contributed by atoms with Gasteiger partial charge in [0.15, 0.2) is 0 Å². The van der Waals surface area contributed by atoms with Crippen LogP contribution in [0.25, 0.3) is 5.57 Å². The van der Waals surface area contributed by atoms with Crippen LogP contribution >= 0.6 is 0 Å². The number of carbonyl (C=O) groups excluding carboxylic acids is 1. The van der Waals surface area contributed by atoms with Gasteiger partial charge >= 0.3 is 0 Å². The first-order valence-electron chi connectivity index (χ1n) is 4.50. The first-order chi connectivity index (χ1) is 6.29. The second kappa shape index (κ2) is 4.61. The molecule has 1 aromatic carbocycles. The molecule has 0 saturated heterocycles. The topological polar surface area (TPSA) is 17.1 Å². The van der Waals surface area contributed by atoms with Gasteiger partial charge in [-0.1, -0.05) is 37.3 Å². The summed E-state index contributed by atoms with van der Waals surface area (Å²) in [5.41, 5.74) is 3.11. The predicted molar refractivity (Wildman–Crippen MR) is 55.4 cm³/mol. The maximum Gasteiger partial charge on any atom is 0.146 e. The lowest BCUT2D eigenvalue weighted by Crippen LogP contribution is -1.88. The molecule has 0 amide bonds. The van der Waals surface area contributed by atoms with E-state index in [1.807, 2.05) is 37.3 Å². The van der Waals surface area contributed by atoms with E-state index in [-0.39, 0.29) is 0 Å². The van der Waals surface area contributed by atoms with Gasteiger partial charge in [-0.25, -0.2) is 0 Å². The minimum atomic E-state index is 0.828. The van der Waals surface area contributed by atoms with Crippen LogP contribution in [-0.4, -0.2) is 6.29 Å². The van der Waals surface area contributed by atoms with Crippen molar-refractivity contribution in [2.75, 3.05) is 0 Å². The van der Waals surface area contributed by atoms with Crippen LogP contribution in [0.5, 0.6) is 0 Å². The lowest BCUT2D eigenvalue weighted by atomic mass is 9.99. The Morgan fingerprint density at radius 1 is 1.31 bits per heavy atom. The van der Waals surface area contributed by atoms with Gasteiger partial charge in [-0.3, -0.25) is 4.79 Å². The van der Waals surface area contributed by atoms with Crippen LogP contribution < -0.4 is 0 Å². The van der Waals surface area contributed by atoms with Gasteiger partial charge in [0, 0.05) is 0 Å². The van der Waals surface area contributed by atoms with Crippen LogP contribution in [0.4, 0.5) is 0 Å². The maximum atomic E-state index is 10.6. The molecule has 0 aromatic heterocycles. The number of allylic oxidation sites excluding steroid dienone is 2. The Balaban J connectivity index is 3.12. The van der Waals surface area contributed by atoms with Gasteiger partial charge in [-0.05, 0) is 30.1 Å². The van der Waals surface area contributed by atoms with Crippen molar-refractivity contribution in [2.45, 2.75) is 20.3 Å². The van der Waals surface area contributed by atoms with E-state index in [9.17, 15) is 4.79 Å². The van der Waals surface area contributed by atoms with Crippen molar-refractivity contribution in [1.82, 2.24) is 0 Å². The predicted octanol–water partition coefficient (Wildman–Crippen LogP) is 3.07. The Morgan fingerprint density at radius 3 is 2.38 bits per heavy atom. The number of carbonyl (C=O) groups is 1. The molecular weight excluding hydrogens is 160 g/mol. The minimum absolute atomic E-state index is 0.828. The Labute approximate surface area is 79.1 Å². The monoisotopic (exact) mass is 174 g/mol. The third kappa shape index (κ3) is 2.28. The van der Waals surface area contributed by atoms with Crippen molar-refractivity contribution in [3.63, 3.8) is 0 Å². The molecule has 0 saturated carbocycles. The molecule has 0 aliphatic heterocycles. The summed E-state index contributed by atoms with van der Waals surface area (Å²) in [4.78, 5) is 10.6. The minimum Gasteiger partial charge on any atom is -0.298 e. The number of aldehydes is 1. The molecule has 1 aromatic rings. The zero-order chi connectivity index (χ0) is 9.68.